The number of carbonyl (C=O) groups excluding carboxylic acids is 1. The Bertz CT molecular complexity index is 663. The number of nitrogens with one attached hydrogen (secondary N) is 1. The van der Waals surface area contributed by atoms with Crippen LogP contribution in [0.4, 0.5) is 0 Å². The van der Waals surface area contributed by atoms with Crippen LogP contribution in [0, 0.1) is 6.07 Å². The molecule has 6 heteroatoms. The molecule has 1 saturated heterocycles. The van der Waals surface area contributed by atoms with Crippen molar-refractivity contribution in [1.29, 1.82) is 0 Å². The molecule has 1 atom stereocenters. The standard InChI is InChI=1S/C17H20N3O3/c1-20-11-14(9-19-20)13-4-2-5-15(8-13)23-12-17(21)18-10-16-6-3-7-22-16/h4-5,8-9,11,16H,3,6-7,10,12H2,1H3,(H,18,21)/t16-/m1/s1. The summed E-state index contributed by atoms with van der Waals surface area (Å²) in [4.78, 5) is 11.8. The molecule has 0 spiro atoms. The monoisotopic (exact) mass is 314 g/mol. The van der Waals surface area contributed by atoms with Gasteiger partial charge in [0.1, 0.15) is 5.75 Å². The minimum Gasteiger partial charge on any atom is -0.484 e. The second-order valence-electron chi connectivity index (χ2n) is 5.59. The Labute approximate surface area is 135 Å². The Hall–Kier alpha value is -2.34. The maximum absolute atomic E-state index is 11.8. The molecular formula is C17H20N3O3. The van der Waals surface area contributed by atoms with E-state index in [2.05, 4.69) is 16.5 Å². The zero-order valence-electron chi connectivity index (χ0n) is 13.1. The van der Waals surface area contributed by atoms with Gasteiger partial charge >= 0.3 is 0 Å². The van der Waals surface area contributed by atoms with Gasteiger partial charge in [-0.05, 0) is 42.7 Å². The minimum absolute atomic E-state index is 0.0168. The van der Waals surface area contributed by atoms with Gasteiger partial charge < -0.3 is 14.8 Å². The van der Waals surface area contributed by atoms with Gasteiger partial charge in [0, 0.05) is 32.0 Å². The summed E-state index contributed by atoms with van der Waals surface area (Å²) in [6, 6.07) is 8.48. The van der Waals surface area contributed by atoms with Crippen molar-refractivity contribution >= 4 is 5.91 Å². The molecule has 0 aliphatic carbocycles. The molecule has 1 aliphatic heterocycles. The number of carbonyl (C=O) groups is 1. The molecule has 1 aromatic carbocycles. The molecule has 1 aromatic heterocycles. The van der Waals surface area contributed by atoms with Crippen molar-refractivity contribution < 1.29 is 14.3 Å². The first-order chi connectivity index (χ1) is 11.2. The number of rotatable bonds is 6. The van der Waals surface area contributed by atoms with Crippen molar-refractivity contribution in [1.82, 2.24) is 15.1 Å². The second-order valence-corrected chi connectivity index (χ2v) is 5.59. The van der Waals surface area contributed by atoms with E-state index in [0.717, 1.165) is 30.6 Å². The van der Waals surface area contributed by atoms with Gasteiger partial charge in [-0.1, -0.05) is 0 Å². The van der Waals surface area contributed by atoms with Crippen LogP contribution in [0.25, 0.3) is 11.1 Å². The van der Waals surface area contributed by atoms with Crippen LogP contribution < -0.4 is 10.1 Å². The predicted octanol–water partition coefficient (Wildman–Crippen LogP) is 1.56. The molecule has 0 unspecified atom stereocenters. The zero-order chi connectivity index (χ0) is 16.1. The van der Waals surface area contributed by atoms with Crippen molar-refractivity contribution in [3.63, 3.8) is 0 Å². The van der Waals surface area contributed by atoms with E-state index in [1.54, 1.807) is 16.9 Å². The largest absolute Gasteiger partial charge is 0.484 e. The van der Waals surface area contributed by atoms with E-state index in [-0.39, 0.29) is 18.6 Å². The lowest BCUT2D eigenvalue weighted by Gasteiger charge is -2.11. The highest BCUT2D eigenvalue weighted by Crippen LogP contribution is 2.22. The first-order valence-corrected chi connectivity index (χ1v) is 7.72. The number of amides is 1. The lowest BCUT2D eigenvalue weighted by molar-refractivity contribution is -0.123. The third-order valence-corrected chi connectivity index (χ3v) is 3.72. The SMILES string of the molecule is Cn1cc(-c2c[c]cc(OCC(=O)NC[C@H]3CCCO3)c2)cn1. The summed E-state index contributed by atoms with van der Waals surface area (Å²) < 4.78 is 12.7. The number of ether oxygens (including phenoxy) is 2. The molecule has 0 saturated carbocycles. The average molecular weight is 314 g/mol. The number of benzene rings is 1. The van der Waals surface area contributed by atoms with Crippen LogP contribution in [0.15, 0.2) is 30.6 Å². The second kappa shape index (κ2) is 7.28. The number of aromatic nitrogens is 2. The quantitative estimate of drug-likeness (QED) is 0.879. The van der Waals surface area contributed by atoms with E-state index in [1.807, 2.05) is 25.4 Å². The molecular weight excluding hydrogens is 294 g/mol. The fourth-order valence-electron chi connectivity index (χ4n) is 2.50. The summed E-state index contributed by atoms with van der Waals surface area (Å²) in [5.74, 6) is 0.464. The highest BCUT2D eigenvalue weighted by molar-refractivity contribution is 5.77. The van der Waals surface area contributed by atoms with Crippen LogP contribution in [0.5, 0.6) is 5.75 Å². The minimum atomic E-state index is -0.146. The molecule has 1 fully saturated rings. The molecule has 1 amide bonds. The fourth-order valence-corrected chi connectivity index (χ4v) is 2.50. The summed E-state index contributed by atoms with van der Waals surface area (Å²) in [6.07, 6.45) is 5.90. The fraction of sp³-hybridized carbons (Fsp3) is 0.412. The van der Waals surface area contributed by atoms with Gasteiger partial charge in [0.05, 0.1) is 12.3 Å². The molecule has 1 radical (unpaired) electrons. The van der Waals surface area contributed by atoms with Crippen molar-refractivity contribution in [3.8, 4) is 16.9 Å². The topological polar surface area (TPSA) is 65.4 Å². The first kappa shape index (κ1) is 15.6. The Morgan fingerprint density at radius 2 is 2.43 bits per heavy atom. The summed E-state index contributed by atoms with van der Waals surface area (Å²) >= 11 is 0. The molecule has 2 heterocycles. The van der Waals surface area contributed by atoms with Gasteiger partial charge in [-0.2, -0.15) is 5.10 Å². The lowest BCUT2D eigenvalue weighted by Crippen LogP contribution is -2.35. The first-order valence-electron chi connectivity index (χ1n) is 7.72. The molecule has 3 rings (SSSR count). The van der Waals surface area contributed by atoms with Gasteiger partial charge in [-0.15, -0.1) is 0 Å². The third-order valence-electron chi connectivity index (χ3n) is 3.72. The molecule has 2 aromatic rings. The molecule has 1 aliphatic rings. The Morgan fingerprint density at radius 1 is 1.52 bits per heavy atom. The van der Waals surface area contributed by atoms with Crippen molar-refractivity contribution in [3.05, 3.63) is 36.7 Å². The van der Waals surface area contributed by atoms with Crippen LogP contribution in [0.3, 0.4) is 0 Å². The van der Waals surface area contributed by atoms with E-state index in [0.29, 0.717) is 12.3 Å². The predicted molar refractivity (Wildman–Crippen MR) is 85.0 cm³/mol. The van der Waals surface area contributed by atoms with E-state index in [9.17, 15) is 4.79 Å². The van der Waals surface area contributed by atoms with Crippen LogP contribution in [-0.4, -0.2) is 41.6 Å². The number of hydrogen-bond acceptors (Lipinski definition) is 4. The van der Waals surface area contributed by atoms with Crippen LogP contribution in [-0.2, 0) is 16.6 Å². The summed E-state index contributed by atoms with van der Waals surface area (Å²) in [5.41, 5.74) is 1.94. The van der Waals surface area contributed by atoms with E-state index in [4.69, 9.17) is 9.47 Å². The molecule has 0 bridgehead atoms. The summed E-state index contributed by atoms with van der Waals surface area (Å²) in [5, 5.41) is 6.98. The van der Waals surface area contributed by atoms with E-state index < -0.39 is 0 Å². The summed E-state index contributed by atoms with van der Waals surface area (Å²) in [6.45, 7) is 1.31. The smallest absolute Gasteiger partial charge is 0.258 e. The Balaban J connectivity index is 1.50. The van der Waals surface area contributed by atoms with Gasteiger partial charge in [0.15, 0.2) is 6.61 Å². The van der Waals surface area contributed by atoms with Crippen LogP contribution in [0.1, 0.15) is 12.8 Å². The van der Waals surface area contributed by atoms with Gasteiger partial charge in [0.25, 0.3) is 5.91 Å². The van der Waals surface area contributed by atoms with Gasteiger partial charge in [-0.3, -0.25) is 9.48 Å². The van der Waals surface area contributed by atoms with Gasteiger partial charge in [-0.25, -0.2) is 0 Å². The number of aryl methyl sites for hydroxylation is 1. The zero-order valence-corrected chi connectivity index (χ0v) is 13.1. The Morgan fingerprint density at radius 3 is 3.17 bits per heavy atom. The number of nitrogens with zero attached hydrogens (tertiary/aromatic N) is 2. The average Bonchev–Trinajstić information content (AvgIpc) is 3.23. The van der Waals surface area contributed by atoms with E-state index in [1.165, 1.54) is 0 Å². The van der Waals surface area contributed by atoms with Crippen LogP contribution >= 0.6 is 0 Å². The molecule has 23 heavy (non-hydrogen) atoms. The van der Waals surface area contributed by atoms with Gasteiger partial charge in [0.2, 0.25) is 0 Å². The lowest BCUT2D eigenvalue weighted by atomic mass is 10.1. The molecule has 1 N–H and O–H groups in total. The molecule has 121 valence electrons. The normalized spacial score (nSPS) is 17.2. The number of hydrogen-bond donors (Lipinski definition) is 1. The summed E-state index contributed by atoms with van der Waals surface area (Å²) in [7, 11) is 1.87. The molecule has 6 nitrogen and oxygen atoms in total. The highest BCUT2D eigenvalue weighted by atomic mass is 16.5. The van der Waals surface area contributed by atoms with Crippen molar-refractivity contribution in [2.24, 2.45) is 7.05 Å². The maximum Gasteiger partial charge on any atom is 0.258 e. The van der Waals surface area contributed by atoms with Crippen LogP contribution in [0.2, 0.25) is 0 Å². The maximum atomic E-state index is 11.8. The Kier molecular flexibility index (Phi) is 4.92. The van der Waals surface area contributed by atoms with E-state index >= 15 is 0 Å². The van der Waals surface area contributed by atoms with Crippen molar-refractivity contribution in [2.45, 2.75) is 18.9 Å². The van der Waals surface area contributed by atoms with Crippen molar-refractivity contribution in [2.75, 3.05) is 19.8 Å². The third kappa shape index (κ3) is 4.32. The highest BCUT2D eigenvalue weighted by Gasteiger charge is 2.16.